The SMILES string of the molecule is COCCC(C)(O)CNc1nc(C)nc(NN)c1C. The van der Waals surface area contributed by atoms with E-state index in [9.17, 15) is 5.11 Å². The number of hydrogen-bond acceptors (Lipinski definition) is 7. The van der Waals surface area contributed by atoms with Gasteiger partial charge in [0.25, 0.3) is 0 Å². The molecule has 0 aliphatic rings. The van der Waals surface area contributed by atoms with Gasteiger partial charge in [-0.2, -0.15) is 0 Å². The molecule has 0 radical (unpaired) electrons. The quantitative estimate of drug-likeness (QED) is 0.424. The number of rotatable bonds is 7. The number of hydrazine groups is 1. The van der Waals surface area contributed by atoms with Crippen LogP contribution in [0, 0.1) is 13.8 Å². The molecule has 1 unspecified atom stereocenters. The molecule has 1 rings (SSSR count). The molecule has 7 nitrogen and oxygen atoms in total. The summed E-state index contributed by atoms with van der Waals surface area (Å²) in [4.78, 5) is 8.48. The highest BCUT2D eigenvalue weighted by atomic mass is 16.5. The summed E-state index contributed by atoms with van der Waals surface area (Å²) in [7, 11) is 1.61. The molecule has 0 aromatic carbocycles. The van der Waals surface area contributed by atoms with E-state index < -0.39 is 5.60 Å². The third-order valence-corrected chi connectivity index (χ3v) is 2.88. The van der Waals surface area contributed by atoms with Gasteiger partial charge in [-0.3, -0.25) is 0 Å². The molecule has 0 saturated carbocycles. The zero-order valence-electron chi connectivity index (χ0n) is 11.9. The van der Waals surface area contributed by atoms with E-state index in [0.29, 0.717) is 37.0 Å². The van der Waals surface area contributed by atoms with E-state index in [2.05, 4.69) is 20.7 Å². The minimum Gasteiger partial charge on any atom is -0.388 e. The number of nitrogens with two attached hydrogens (primary N) is 1. The Labute approximate surface area is 113 Å². The molecule has 0 bridgehead atoms. The van der Waals surface area contributed by atoms with E-state index in [1.54, 1.807) is 21.0 Å². The van der Waals surface area contributed by atoms with Crippen LogP contribution in [0.15, 0.2) is 0 Å². The average molecular weight is 269 g/mol. The number of nitrogen functional groups attached to an aromatic ring is 1. The van der Waals surface area contributed by atoms with E-state index >= 15 is 0 Å². The van der Waals surface area contributed by atoms with Gasteiger partial charge in [0.05, 0.1) is 5.60 Å². The Morgan fingerprint density at radius 1 is 1.32 bits per heavy atom. The highest BCUT2D eigenvalue weighted by Gasteiger charge is 2.20. The number of hydrogen-bond donors (Lipinski definition) is 4. The lowest BCUT2D eigenvalue weighted by Crippen LogP contribution is -2.35. The first kappa shape index (κ1) is 15.6. The zero-order chi connectivity index (χ0) is 14.5. The standard InChI is InChI=1S/C12H23N5O2/c1-8-10(15-9(2)16-11(8)17-13)14-7-12(3,18)5-6-19-4/h18H,5-7,13H2,1-4H3,(H2,14,15,16,17). The van der Waals surface area contributed by atoms with Crippen molar-refractivity contribution < 1.29 is 9.84 Å². The first-order valence-corrected chi connectivity index (χ1v) is 6.16. The fraction of sp³-hybridized carbons (Fsp3) is 0.667. The molecule has 0 saturated heterocycles. The number of nitrogens with one attached hydrogen (secondary N) is 2. The Kier molecular flexibility index (Phi) is 5.46. The fourth-order valence-electron chi connectivity index (χ4n) is 1.63. The van der Waals surface area contributed by atoms with Crippen LogP contribution in [0.5, 0.6) is 0 Å². The van der Waals surface area contributed by atoms with Crippen molar-refractivity contribution in [1.82, 2.24) is 9.97 Å². The van der Waals surface area contributed by atoms with E-state index in [-0.39, 0.29) is 0 Å². The van der Waals surface area contributed by atoms with Crippen molar-refractivity contribution in [3.63, 3.8) is 0 Å². The molecular weight excluding hydrogens is 246 g/mol. The number of methoxy groups -OCH3 is 1. The highest BCUT2D eigenvalue weighted by molar-refractivity contribution is 5.56. The smallest absolute Gasteiger partial charge is 0.148 e. The van der Waals surface area contributed by atoms with Crippen LogP contribution in [0.4, 0.5) is 11.6 Å². The maximum atomic E-state index is 10.2. The van der Waals surface area contributed by atoms with Crippen LogP contribution in [0.1, 0.15) is 24.7 Å². The molecule has 0 amide bonds. The Balaban J connectivity index is 2.74. The van der Waals surface area contributed by atoms with Crippen LogP contribution in [-0.4, -0.2) is 40.9 Å². The summed E-state index contributed by atoms with van der Waals surface area (Å²) in [5.74, 6) is 7.25. The monoisotopic (exact) mass is 269 g/mol. The lowest BCUT2D eigenvalue weighted by atomic mass is 10.0. The molecule has 1 heterocycles. The Morgan fingerprint density at radius 2 is 1.95 bits per heavy atom. The van der Waals surface area contributed by atoms with Gasteiger partial charge in [0.15, 0.2) is 0 Å². The maximum absolute atomic E-state index is 10.2. The van der Waals surface area contributed by atoms with Crippen molar-refractivity contribution in [3.05, 3.63) is 11.4 Å². The van der Waals surface area contributed by atoms with Gasteiger partial charge in [-0.15, -0.1) is 0 Å². The Hall–Kier alpha value is -1.44. The molecule has 1 aromatic heterocycles. The molecule has 7 heteroatoms. The summed E-state index contributed by atoms with van der Waals surface area (Å²) in [6, 6.07) is 0. The number of nitrogens with zero attached hydrogens (tertiary/aromatic N) is 2. The summed E-state index contributed by atoms with van der Waals surface area (Å²) in [5.41, 5.74) is 2.49. The summed E-state index contributed by atoms with van der Waals surface area (Å²) >= 11 is 0. The highest BCUT2D eigenvalue weighted by Crippen LogP contribution is 2.20. The first-order chi connectivity index (χ1) is 8.89. The van der Waals surface area contributed by atoms with Gasteiger partial charge < -0.3 is 20.6 Å². The summed E-state index contributed by atoms with van der Waals surface area (Å²) in [6.07, 6.45) is 0.543. The van der Waals surface area contributed by atoms with Crippen molar-refractivity contribution in [3.8, 4) is 0 Å². The van der Waals surface area contributed by atoms with Crippen molar-refractivity contribution in [2.45, 2.75) is 32.8 Å². The van der Waals surface area contributed by atoms with Crippen LogP contribution < -0.4 is 16.6 Å². The van der Waals surface area contributed by atoms with Gasteiger partial charge in [0.2, 0.25) is 0 Å². The normalized spacial score (nSPS) is 14.0. The molecule has 0 aliphatic heterocycles. The van der Waals surface area contributed by atoms with Crippen molar-refractivity contribution >= 4 is 11.6 Å². The number of aryl methyl sites for hydroxylation is 1. The van der Waals surface area contributed by atoms with Crippen LogP contribution in [0.25, 0.3) is 0 Å². The molecule has 1 aromatic rings. The lowest BCUT2D eigenvalue weighted by molar-refractivity contribution is 0.0357. The second-order valence-corrected chi connectivity index (χ2v) is 4.83. The third-order valence-electron chi connectivity index (χ3n) is 2.88. The molecule has 5 N–H and O–H groups in total. The third kappa shape index (κ3) is 4.62. The number of aliphatic hydroxyl groups is 1. The summed E-state index contributed by atoms with van der Waals surface area (Å²) in [5, 5.41) is 13.3. The molecule has 0 spiro atoms. The van der Waals surface area contributed by atoms with Gasteiger partial charge in [0.1, 0.15) is 17.5 Å². The predicted molar refractivity (Wildman–Crippen MR) is 74.9 cm³/mol. The maximum Gasteiger partial charge on any atom is 0.148 e. The van der Waals surface area contributed by atoms with Gasteiger partial charge in [-0.1, -0.05) is 0 Å². The van der Waals surface area contributed by atoms with E-state index in [0.717, 1.165) is 5.56 Å². The molecule has 108 valence electrons. The number of aromatic nitrogens is 2. The van der Waals surface area contributed by atoms with E-state index in [1.165, 1.54) is 0 Å². The van der Waals surface area contributed by atoms with Gasteiger partial charge in [-0.05, 0) is 20.8 Å². The largest absolute Gasteiger partial charge is 0.388 e. The molecule has 1 atom stereocenters. The zero-order valence-corrected chi connectivity index (χ0v) is 11.9. The van der Waals surface area contributed by atoms with Gasteiger partial charge in [-0.25, -0.2) is 15.8 Å². The second-order valence-electron chi connectivity index (χ2n) is 4.83. The van der Waals surface area contributed by atoms with Crippen LogP contribution in [0.2, 0.25) is 0 Å². The Morgan fingerprint density at radius 3 is 2.53 bits per heavy atom. The summed E-state index contributed by atoms with van der Waals surface area (Å²) < 4.78 is 4.97. The lowest BCUT2D eigenvalue weighted by Gasteiger charge is -2.24. The molecule has 19 heavy (non-hydrogen) atoms. The number of ether oxygens (including phenoxy) is 1. The molecular formula is C12H23N5O2. The van der Waals surface area contributed by atoms with Crippen molar-refractivity contribution in [2.24, 2.45) is 5.84 Å². The minimum absolute atomic E-state index is 0.373. The molecule has 0 fully saturated rings. The predicted octanol–water partition coefficient (Wildman–Crippen LogP) is 0.578. The first-order valence-electron chi connectivity index (χ1n) is 6.16. The van der Waals surface area contributed by atoms with Crippen LogP contribution in [-0.2, 0) is 4.74 Å². The van der Waals surface area contributed by atoms with Crippen molar-refractivity contribution in [2.75, 3.05) is 31.0 Å². The van der Waals surface area contributed by atoms with Crippen LogP contribution >= 0.6 is 0 Å². The van der Waals surface area contributed by atoms with E-state index in [1.807, 2.05) is 6.92 Å². The summed E-state index contributed by atoms with van der Waals surface area (Å²) in [6.45, 7) is 6.28. The number of anilines is 2. The van der Waals surface area contributed by atoms with Gasteiger partial charge >= 0.3 is 0 Å². The average Bonchev–Trinajstić information content (AvgIpc) is 2.37. The fourth-order valence-corrected chi connectivity index (χ4v) is 1.63. The van der Waals surface area contributed by atoms with Crippen molar-refractivity contribution in [1.29, 1.82) is 0 Å². The minimum atomic E-state index is -0.863. The topological polar surface area (TPSA) is 105 Å². The van der Waals surface area contributed by atoms with Gasteiger partial charge in [0, 0.05) is 32.2 Å². The second kappa shape index (κ2) is 6.65. The molecule has 0 aliphatic carbocycles. The van der Waals surface area contributed by atoms with E-state index in [4.69, 9.17) is 10.6 Å². The van der Waals surface area contributed by atoms with Crippen LogP contribution in [0.3, 0.4) is 0 Å². The Bertz CT molecular complexity index is 423.